The van der Waals surface area contributed by atoms with Crippen molar-refractivity contribution < 1.29 is 38.2 Å². The van der Waals surface area contributed by atoms with Crippen LogP contribution in [0.5, 0.6) is 0 Å². The van der Waals surface area contributed by atoms with Gasteiger partial charge in [-0.15, -0.1) is 0 Å². The van der Waals surface area contributed by atoms with Gasteiger partial charge in [-0.05, 0) is 97.9 Å². The van der Waals surface area contributed by atoms with Gasteiger partial charge in [-0.25, -0.2) is 5.43 Å². The Morgan fingerprint density at radius 2 is 1.80 bits per heavy atom. The summed E-state index contributed by atoms with van der Waals surface area (Å²) in [4.78, 5) is 87.9. The molecule has 5 unspecified atom stereocenters. The van der Waals surface area contributed by atoms with Crippen LogP contribution in [0.15, 0.2) is 60.8 Å². The zero-order valence-electron chi connectivity index (χ0n) is 41.9. The molecule has 5 atom stereocenters. The maximum Gasteiger partial charge on any atom is 0.324 e. The summed E-state index contributed by atoms with van der Waals surface area (Å²) in [6, 6.07) is 15.6. The maximum atomic E-state index is 14.7. The standard InChI is InChI=1S/C52H63N7O8.C2H6/c1-9-58-43-20-19-36-28-39(43)40(47(58)38-16-11-22-53-45(38)33(4)66-8)29-52(5,6)31-67-51(65)41-17-12-23-59(55-41)50(64)42(27-34-14-10-15-35(36)26-34)54-48(62)46(32(2)3)56(7)49(63)37-21-24-57(30-37)44(61)18-13-25-60;1-2/h10-11,14-16,19-20,22,25-26,28,32-33,37,41-42,46,55H,9,12,17,21,23-24,27,29-31H2,1-8H3,(H,54,62);1-2H3. The highest BCUT2D eigenvalue weighted by molar-refractivity contribution is 5.98. The third kappa shape index (κ3) is 11.6. The molecule has 7 rings (SSSR count). The van der Waals surface area contributed by atoms with E-state index in [1.807, 2.05) is 65.0 Å². The number of aromatic nitrogens is 2. The first-order valence-electron chi connectivity index (χ1n) is 24.3. The van der Waals surface area contributed by atoms with E-state index in [0.717, 1.165) is 50.1 Å². The van der Waals surface area contributed by atoms with Gasteiger partial charge >= 0.3 is 5.97 Å². The highest BCUT2D eigenvalue weighted by atomic mass is 16.5. The lowest BCUT2D eigenvalue weighted by atomic mass is 9.84. The molecule has 15 nitrogen and oxygen atoms in total. The zero-order chi connectivity index (χ0) is 50.2. The number of likely N-dealkylation sites (tertiary alicyclic amines) is 1. The van der Waals surface area contributed by atoms with Gasteiger partial charge in [0.2, 0.25) is 11.8 Å². The van der Waals surface area contributed by atoms with Crippen molar-refractivity contribution in [3.05, 3.63) is 77.6 Å². The number of aryl methyl sites for hydroxylation is 1. The Bertz CT molecular complexity index is 2610. The fraction of sp³-hybridized carbons (Fsp3) is 0.500. The van der Waals surface area contributed by atoms with Crippen LogP contribution in [0.1, 0.15) is 97.6 Å². The number of nitrogens with zero attached hydrogens (tertiary/aromatic N) is 5. The van der Waals surface area contributed by atoms with Crippen molar-refractivity contribution in [2.24, 2.45) is 17.3 Å². The average molecular weight is 944 g/mol. The predicted molar refractivity (Wildman–Crippen MR) is 265 cm³/mol. The number of aldehydes is 1. The third-order valence-electron chi connectivity index (χ3n) is 13.4. The van der Waals surface area contributed by atoms with Gasteiger partial charge in [0.1, 0.15) is 18.1 Å². The normalized spacial score (nSPS) is 20.1. The largest absolute Gasteiger partial charge is 0.464 e. The minimum Gasteiger partial charge on any atom is -0.464 e. The van der Waals surface area contributed by atoms with E-state index in [9.17, 15) is 28.8 Å². The number of hydrazine groups is 1. The topological polar surface area (TPSA) is 172 Å². The minimum absolute atomic E-state index is 0.111. The number of ether oxygens (including phenoxy) is 2. The van der Waals surface area contributed by atoms with Crippen LogP contribution in [-0.2, 0) is 57.6 Å². The summed E-state index contributed by atoms with van der Waals surface area (Å²) in [5.74, 6) is 1.22. The summed E-state index contributed by atoms with van der Waals surface area (Å²) in [5.41, 5.74) is 10.3. The monoisotopic (exact) mass is 944 g/mol. The molecule has 3 aliphatic rings. The zero-order valence-corrected chi connectivity index (χ0v) is 41.9. The SMILES string of the molecule is CC.CCn1c(-c2cccnc2C(C)OC)c2c3cc(ccc31)-c1cccc(c1)CC(NC(=O)C(C(C)C)N(C)C(=O)C1CCN(C(=O)C#CC=O)C1)C(=O)N1CCCC(N1)C(=O)OCC(C)(C)C2. The van der Waals surface area contributed by atoms with Crippen LogP contribution < -0.4 is 10.7 Å². The van der Waals surface area contributed by atoms with Crippen molar-refractivity contribution in [2.45, 2.75) is 118 Å². The average Bonchev–Trinajstić information content (AvgIpc) is 3.97. The summed E-state index contributed by atoms with van der Waals surface area (Å²) in [6.07, 6.45) is 3.93. The molecule has 5 heterocycles. The third-order valence-corrected chi connectivity index (χ3v) is 13.4. The molecule has 4 aromatic rings. The van der Waals surface area contributed by atoms with E-state index in [-0.39, 0.29) is 37.5 Å². The van der Waals surface area contributed by atoms with Gasteiger partial charge in [-0.3, -0.25) is 38.8 Å². The summed E-state index contributed by atoms with van der Waals surface area (Å²) < 4.78 is 14.3. The number of hydrogen-bond donors (Lipinski definition) is 2. The Hall–Kier alpha value is -6.37. The molecule has 15 heteroatoms. The number of benzene rings is 2. The highest BCUT2D eigenvalue weighted by Crippen LogP contribution is 2.42. The Balaban J connectivity index is 0.00000386. The van der Waals surface area contributed by atoms with E-state index in [1.165, 1.54) is 14.8 Å². The van der Waals surface area contributed by atoms with Gasteiger partial charge < -0.3 is 29.2 Å². The lowest BCUT2D eigenvalue weighted by molar-refractivity contribution is -0.155. The Morgan fingerprint density at radius 3 is 2.51 bits per heavy atom. The predicted octanol–water partition coefficient (Wildman–Crippen LogP) is 6.31. The van der Waals surface area contributed by atoms with E-state index < -0.39 is 53.1 Å². The number of carbonyl (C=O) groups excluding carboxylic acids is 6. The second-order valence-corrected chi connectivity index (χ2v) is 19.1. The van der Waals surface area contributed by atoms with Crippen LogP contribution in [-0.4, -0.2) is 119 Å². The number of cyclic esters (lactones) is 1. The number of amides is 4. The smallest absolute Gasteiger partial charge is 0.324 e. The van der Waals surface area contributed by atoms with Crippen molar-refractivity contribution in [1.82, 2.24) is 35.1 Å². The van der Waals surface area contributed by atoms with Gasteiger partial charge in [0.05, 0.1) is 30.0 Å². The fourth-order valence-corrected chi connectivity index (χ4v) is 9.91. The van der Waals surface area contributed by atoms with Crippen molar-refractivity contribution >= 4 is 46.8 Å². The number of fused-ring (bicyclic) bond motifs is 6. The molecule has 2 N–H and O–H groups in total. The summed E-state index contributed by atoms with van der Waals surface area (Å²) >= 11 is 0. The van der Waals surface area contributed by atoms with Crippen LogP contribution in [0.4, 0.5) is 0 Å². The molecular weight excluding hydrogens is 875 g/mol. The molecule has 2 saturated heterocycles. The molecule has 2 aromatic heterocycles. The first-order valence-corrected chi connectivity index (χ1v) is 24.3. The van der Waals surface area contributed by atoms with Crippen LogP contribution in [0.2, 0.25) is 0 Å². The van der Waals surface area contributed by atoms with Gasteiger partial charge in [0.25, 0.3) is 11.8 Å². The minimum atomic E-state index is -1.08. The number of rotatable bonds is 9. The van der Waals surface area contributed by atoms with Gasteiger partial charge in [-0.1, -0.05) is 71.9 Å². The van der Waals surface area contributed by atoms with Crippen molar-refractivity contribution in [3.63, 3.8) is 0 Å². The molecule has 368 valence electrons. The number of carbonyl (C=O) groups is 6. The number of methoxy groups -OCH3 is 1. The Kier molecular flexibility index (Phi) is 17.2. The maximum absolute atomic E-state index is 14.7. The van der Waals surface area contributed by atoms with Crippen LogP contribution in [0.25, 0.3) is 33.3 Å². The van der Waals surface area contributed by atoms with E-state index in [0.29, 0.717) is 51.6 Å². The quantitative estimate of drug-likeness (QED) is 0.110. The molecule has 0 saturated carbocycles. The Morgan fingerprint density at radius 1 is 1.04 bits per heavy atom. The van der Waals surface area contributed by atoms with Crippen LogP contribution in [0, 0.1) is 29.1 Å². The molecule has 69 heavy (non-hydrogen) atoms. The molecule has 2 fully saturated rings. The van der Waals surface area contributed by atoms with Gasteiger partial charge in [0, 0.05) is 80.8 Å². The first kappa shape index (κ1) is 52.0. The molecule has 2 aromatic carbocycles. The van der Waals surface area contributed by atoms with Crippen LogP contribution >= 0.6 is 0 Å². The molecule has 0 radical (unpaired) electrons. The summed E-state index contributed by atoms with van der Waals surface area (Å²) in [6.45, 7) is 17.5. The Labute approximate surface area is 406 Å². The number of hydrogen-bond acceptors (Lipinski definition) is 10. The van der Waals surface area contributed by atoms with E-state index in [4.69, 9.17) is 14.5 Å². The number of likely N-dealkylation sites (N-methyl/N-ethyl adjacent to an activating group) is 1. The lowest BCUT2D eigenvalue weighted by Gasteiger charge is -2.37. The second-order valence-electron chi connectivity index (χ2n) is 19.1. The molecule has 0 spiro atoms. The molecule has 3 aliphatic heterocycles. The second kappa shape index (κ2) is 22.8. The van der Waals surface area contributed by atoms with Crippen molar-refractivity contribution in [3.8, 4) is 34.2 Å². The fourth-order valence-electron chi connectivity index (χ4n) is 9.91. The first-order chi connectivity index (χ1) is 33.0. The van der Waals surface area contributed by atoms with Gasteiger partial charge in [-0.2, -0.15) is 0 Å². The highest BCUT2D eigenvalue weighted by Gasteiger charge is 2.40. The van der Waals surface area contributed by atoms with Gasteiger partial charge in [0.15, 0.2) is 6.29 Å². The lowest BCUT2D eigenvalue weighted by Crippen LogP contribution is -2.62. The van der Waals surface area contributed by atoms with E-state index >= 15 is 0 Å². The summed E-state index contributed by atoms with van der Waals surface area (Å²) in [7, 11) is 3.25. The number of esters is 1. The van der Waals surface area contributed by atoms with E-state index in [2.05, 4.69) is 72.2 Å². The summed E-state index contributed by atoms with van der Waals surface area (Å²) in [5, 5.41) is 5.52. The van der Waals surface area contributed by atoms with Crippen molar-refractivity contribution in [1.29, 1.82) is 0 Å². The molecule has 0 aliphatic carbocycles. The number of pyridine rings is 1. The van der Waals surface area contributed by atoms with E-state index in [1.54, 1.807) is 20.4 Å². The molecule has 6 bridgehead atoms. The van der Waals surface area contributed by atoms with Crippen molar-refractivity contribution in [2.75, 3.05) is 40.4 Å². The van der Waals surface area contributed by atoms with Crippen LogP contribution in [0.3, 0.4) is 0 Å². The molecular formula is C54H69N7O8. The molecule has 4 amide bonds. The number of nitrogens with one attached hydrogen (secondary N) is 2.